The molecule has 5 nitrogen and oxygen atoms in total. The molecule has 2 aromatic heterocycles. The molecule has 0 amide bonds. The largest absolute Gasteiger partial charge is 0.530 e. The van der Waals surface area contributed by atoms with Crippen LogP contribution in [-0.2, 0) is 0 Å². The van der Waals surface area contributed by atoms with Crippen LogP contribution in [0.3, 0.4) is 0 Å². The van der Waals surface area contributed by atoms with Gasteiger partial charge in [0.2, 0.25) is 14.2 Å². The fourth-order valence-corrected chi connectivity index (χ4v) is 1.85. The van der Waals surface area contributed by atoms with Crippen LogP contribution in [0.2, 0.25) is 19.6 Å². The van der Waals surface area contributed by atoms with Gasteiger partial charge in [-0.05, 0) is 19.6 Å². The van der Waals surface area contributed by atoms with Gasteiger partial charge < -0.3 is 9.41 Å². The standard InChI is InChI=1S/C8H12N4OSi/c1-14(2,3)13-8-6-7(10-4-9-6)11-5-12-8/h4-5H,1-3H3,(H,9,10,11,12). The van der Waals surface area contributed by atoms with Crippen molar-refractivity contribution in [1.82, 2.24) is 19.9 Å². The van der Waals surface area contributed by atoms with E-state index in [1.54, 1.807) is 6.33 Å². The number of fused-ring (bicyclic) bond motifs is 1. The van der Waals surface area contributed by atoms with E-state index in [-0.39, 0.29) is 0 Å². The van der Waals surface area contributed by atoms with Crippen LogP contribution >= 0.6 is 0 Å². The molecule has 0 radical (unpaired) electrons. The van der Waals surface area contributed by atoms with Crippen molar-refractivity contribution in [1.29, 1.82) is 0 Å². The van der Waals surface area contributed by atoms with Crippen molar-refractivity contribution >= 4 is 19.5 Å². The Morgan fingerprint density at radius 3 is 2.71 bits per heavy atom. The minimum atomic E-state index is -1.63. The molecule has 2 rings (SSSR count). The van der Waals surface area contributed by atoms with E-state index in [0.29, 0.717) is 11.5 Å². The molecule has 1 N–H and O–H groups in total. The Morgan fingerprint density at radius 1 is 1.21 bits per heavy atom. The second kappa shape index (κ2) is 3.05. The van der Waals surface area contributed by atoms with E-state index in [1.165, 1.54) is 6.33 Å². The lowest BCUT2D eigenvalue weighted by Crippen LogP contribution is -2.29. The number of nitrogens with one attached hydrogen (secondary N) is 1. The molecule has 0 unspecified atom stereocenters. The molecule has 0 aliphatic carbocycles. The highest BCUT2D eigenvalue weighted by atomic mass is 28.4. The van der Waals surface area contributed by atoms with Gasteiger partial charge >= 0.3 is 0 Å². The summed E-state index contributed by atoms with van der Waals surface area (Å²) >= 11 is 0. The average Bonchev–Trinajstić information content (AvgIpc) is 2.49. The normalized spacial score (nSPS) is 11.9. The number of aromatic nitrogens is 4. The predicted octanol–water partition coefficient (Wildman–Crippen LogP) is 1.57. The minimum absolute atomic E-state index is 0.603. The first-order valence-corrected chi connectivity index (χ1v) is 7.80. The van der Waals surface area contributed by atoms with E-state index in [9.17, 15) is 0 Å². The number of nitrogens with zero attached hydrogens (tertiary/aromatic N) is 3. The third kappa shape index (κ3) is 1.74. The molecule has 0 saturated heterocycles. The molecule has 0 aromatic carbocycles. The van der Waals surface area contributed by atoms with Crippen LogP contribution < -0.4 is 4.43 Å². The fraction of sp³-hybridized carbons (Fsp3) is 0.375. The summed E-state index contributed by atoms with van der Waals surface area (Å²) in [5.41, 5.74) is 1.42. The second-order valence-electron chi connectivity index (χ2n) is 3.99. The molecule has 0 saturated carbocycles. The Kier molecular flexibility index (Phi) is 1.99. The molecule has 14 heavy (non-hydrogen) atoms. The Hall–Kier alpha value is -1.43. The third-order valence-electron chi connectivity index (χ3n) is 1.59. The highest BCUT2D eigenvalue weighted by Gasteiger charge is 2.19. The highest BCUT2D eigenvalue weighted by molar-refractivity contribution is 6.70. The van der Waals surface area contributed by atoms with Crippen molar-refractivity contribution in [3.63, 3.8) is 0 Å². The molecule has 0 fully saturated rings. The second-order valence-corrected chi connectivity index (χ2v) is 8.42. The zero-order chi connectivity index (χ0) is 10.2. The topological polar surface area (TPSA) is 63.7 Å². The molecular weight excluding hydrogens is 196 g/mol. The molecular formula is C8H12N4OSi. The lowest BCUT2D eigenvalue weighted by molar-refractivity contribution is 0.538. The van der Waals surface area contributed by atoms with Crippen molar-refractivity contribution in [3.8, 4) is 5.88 Å². The van der Waals surface area contributed by atoms with Crippen molar-refractivity contribution in [2.75, 3.05) is 0 Å². The summed E-state index contributed by atoms with van der Waals surface area (Å²) in [6.45, 7) is 6.33. The number of hydrogen-bond donors (Lipinski definition) is 1. The van der Waals surface area contributed by atoms with Crippen LogP contribution in [0.5, 0.6) is 5.88 Å². The van der Waals surface area contributed by atoms with E-state index in [1.807, 2.05) is 0 Å². The third-order valence-corrected chi connectivity index (χ3v) is 2.40. The van der Waals surface area contributed by atoms with Gasteiger partial charge in [0.15, 0.2) is 5.65 Å². The zero-order valence-corrected chi connectivity index (χ0v) is 9.40. The monoisotopic (exact) mass is 208 g/mol. The molecule has 0 atom stereocenters. The summed E-state index contributed by atoms with van der Waals surface area (Å²) in [7, 11) is -1.63. The lowest BCUT2D eigenvalue weighted by Gasteiger charge is -2.17. The van der Waals surface area contributed by atoms with E-state index in [4.69, 9.17) is 4.43 Å². The van der Waals surface area contributed by atoms with Crippen molar-refractivity contribution < 1.29 is 4.43 Å². The van der Waals surface area contributed by atoms with Gasteiger partial charge in [-0.25, -0.2) is 15.0 Å². The Morgan fingerprint density at radius 2 is 2.00 bits per heavy atom. The first-order valence-electron chi connectivity index (χ1n) is 4.39. The summed E-state index contributed by atoms with van der Waals surface area (Å²) in [5, 5.41) is 0. The van der Waals surface area contributed by atoms with E-state index in [2.05, 4.69) is 39.6 Å². The molecule has 0 aliphatic heterocycles. The van der Waals surface area contributed by atoms with Crippen molar-refractivity contribution in [3.05, 3.63) is 12.7 Å². The molecule has 74 valence electrons. The molecule has 0 bridgehead atoms. The minimum Gasteiger partial charge on any atom is -0.530 e. The zero-order valence-electron chi connectivity index (χ0n) is 8.40. The van der Waals surface area contributed by atoms with Crippen LogP contribution in [0.4, 0.5) is 0 Å². The maximum atomic E-state index is 5.79. The SMILES string of the molecule is C[Si](C)(C)Oc1ncnc2nc[nH]c12. The number of imidazole rings is 1. The van der Waals surface area contributed by atoms with Crippen LogP contribution in [0, 0.1) is 0 Å². The summed E-state index contributed by atoms with van der Waals surface area (Å²) in [4.78, 5) is 15.1. The van der Waals surface area contributed by atoms with Gasteiger partial charge in [0.25, 0.3) is 0 Å². The van der Waals surface area contributed by atoms with Gasteiger partial charge in [-0.1, -0.05) is 0 Å². The average molecular weight is 208 g/mol. The van der Waals surface area contributed by atoms with Gasteiger partial charge in [-0.3, -0.25) is 0 Å². The van der Waals surface area contributed by atoms with Gasteiger partial charge in [0.1, 0.15) is 11.8 Å². The fourth-order valence-electron chi connectivity index (χ4n) is 1.11. The van der Waals surface area contributed by atoms with Crippen LogP contribution in [0.1, 0.15) is 0 Å². The van der Waals surface area contributed by atoms with Gasteiger partial charge in [-0.2, -0.15) is 0 Å². The maximum Gasteiger partial charge on any atom is 0.244 e. The molecule has 6 heteroatoms. The van der Waals surface area contributed by atoms with Crippen molar-refractivity contribution in [2.24, 2.45) is 0 Å². The van der Waals surface area contributed by atoms with Gasteiger partial charge in [-0.15, -0.1) is 0 Å². The summed E-state index contributed by atoms with van der Waals surface area (Å²) in [6, 6.07) is 0. The Bertz CT molecular complexity index is 448. The molecule has 2 aromatic rings. The number of H-pyrrole nitrogens is 1. The van der Waals surface area contributed by atoms with Crippen LogP contribution in [0.15, 0.2) is 12.7 Å². The first-order chi connectivity index (χ1) is 6.56. The molecule has 0 spiro atoms. The van der Waals surface area contributed by atoms with Crippen molar-refractivity contribution in [2.45, 2.75) is 19.6 Å². The first kappa shape index (κ1) is 9.13. The van der Waals surface area contributed by atoms with E-state index in [0.717, 1.165) is 5.52 Å². The van der Waals surface area contributed by atoms with Gasteiger partial charge in [0.05, 0.1) is 6.33 Å². The molecule has 2 heterocycles. The predicted molar refractivity (Wildman–Crippen MR) is 55.7 cm³/mol. The van der Waals surface area contributed by atoms with Crippen LogP contribution in [0.25, 0.3) is 11.2 Å². The van der Waals surface area contributed by atoms with E-state index >= 15 is 0 Å². The Labute approximate surface area is 82.7 Å². The summed E-state index contributed by atoms with van der Waals surface area (Å²) in [5.74, 6) is 0.603. The van der Waals surface area contributed by atoms with Crippen LogP contribution in [-0.4, -0.2) is 28.3 Å². The quantitative estimate of drug-likeness (QED) is 0.761. The summed E-state index contributed by atoms with van der Waals surface area (Å²) < 4.78 is 5.79. The lowest BCUT2D eigenvalue weighted by atomic mass is 10.5. The summed E-state index contributed by atoms with van der Waals surface area (Å²) in [6.07, 6.45) is 3.06. The Balaban J connectivity index is 2.46. The smallest absolute Gasteiger partial charge is 0.244 e. The van der Waals surface area contributed by atoms with Gasteiger partial charge in [0, 0.05) is 0 Å². The number of hydrogen-bond acceptors (Lipinski definition) is 4. The maximum absolute atomic E-state index is 5.79. The number of rotatable bonds is 2. The van der Waals surface area contributed by atoms with E-state index < -0.39 is 8.32 Å². The molecule has 0 aliphatic rings. The highest BCUT2D eigenvalue weighted by Crippen LogP contribution is 2.20. The number of aromatic amines is 1.